The van der Waals surface area contributed by atoms with Gasteiger partial charge in [0.1, 0.15) is 0 Å². The summed E-state index contributed by atoms with van der Waals surface area (Å²) in [5, 5.41) is 3.47. The predicted molar refractivity (Wildman–Crippen MR) is 85.5 cm³/mol. The highest BCUT2D eigenvalue weighted by atomic mass is 35.5. The van der Waals surface area contributed by atoms with Crippen LogP contribution in [0.3, 0.4) is 0 Å². The van der Waals surface area contributed by atoms with Gasteiger partial charge in [-0.2, -0.15) is 15.0 Å². The first-order chi connectivity index (χ1) is 10.1. The van der Waals surface area contributed by atoms with E-state index < -0.39 is 0 Å². The molecule has 1 saturated heterocycles. The Kier molecular flexibility index (Phi) is 3.92. The topological polar surface area (TPSA) is 53.9 Å². The molecule has 0 bridgehead atoms. The summed E-state index contributed by atoms with van der Waals surface area (Å²) in [6.45, 7) is 6.10. The molecule has 110 valence electrons. The smallest absolute Gasteiger partial charge is 0.233 e. The Hall–Kier alpha value is -1.88. The number of aromatic nitrogens is 3. The van der Waals surface area contributed by atoms with Crippen LogP contribution in [0.2, 0.25) is 5.28 Å². The van der Waals surface area contributed by atoms with E-state index >= 15 is 0 Å². The SMILES string of the molecule is Cc1cccc(Nc2nc(Cl)nc(N3CCCC3)n2)c1C. The van der Waals surface area contributed by atoms with Crippen molar-refractivity contribution in [2.45, 2.75) is 26.7 Å². The van der Waals surface area contributed by atoms with Crippen LogP contribution in [-0.2, 0) is 0 Å². The highest BCUT2D eigenvalue weighted by Gasteiger charge is 2.17. The fourth-order valence-corrected chi connectivity index (χ4v) is 2.62. The average Bonchev–Trinajstić information content (AvgIpc) is 2.97. The predicted octanol–water partition coefficient (Wildman–Crippen LogP) is 3.49. The van der Waals surface area contributed by atoms with Crippen LogP contribution in [0.5, 0.6) is 0 Å². The van der Waals surface area contributed by atoms with Gasteiger partial charge in [0.05, 0.1) is 0 Å². The minimum absolute atomic E-state index is 0.222. The van der Waals surface area contributed by atoms with Crippen molar-refractivity contribution in [3.05, 3.63) is 34.6 Å². The molecule has 5 nitrogen and oxygen atoms in total. The van der Waals surface area contributed by atoms with E-state index in [9.17, 15) is 0 Å². The van der Waals surface area contributed by atoms with E-state index in [2.05, 4.69) is 45.1 Å². The van der Waals surface area contributed by atoms with Crippen molar-refractivity contribution >= 4 is 29.2 Å². The molecular weight excluding hydrogens is 286 g/mol. The van der Waals surface area contributed by atoms with Crippen LogP contribution in [0.4, 0.5) is 17.6 Å². The van der Waals surface area contributed by atoms with Crippen LogP contribution in [0.1, 0.15) is 24.0 Å². The van der Waals surface area contributed by atoms with Crippen molar-refractivity contribution in [2.75, 3.05) is 23.3 Å². The van der Waals surface area contributed by atoms with Gasteiger partial charge < -0.3 is 10.2 Å². The maximum atomic E-state index is 6.04. The zero-order chi connectivity index (χ0) is 14.8. The number of aryl methyl sites for hydroxylation is 1. The molecule has 2 aromatic rings. The highest BCUT2D eigenvalue weighted by molar-refractivity contribution is 6.28. The van der Waals surface area contributed by atoms with Gasteiger partial charge in [-0.25, -0.2) is 0 Å². The van der Waals surface area contributed by atoms with E-state index in [0.717, 1.165) is 18.8 Å². The summed E-state index contributed by atoms with van der Waals surface area (Å²) in [6.07, 6.45) is 2.34. The third-order valence-electron chi connectivity index (χ3n) is 3.84. The lowest BCUT2D eigenvalue weighted by atomic mass is 10.1. The number of nitrogens with zero attached hydrogens (tertiary/aromatic N) is 4. The summed E-state index contributed by atoms with van der Waals surface area (Å²) >= 11 is 6.04. The molecule has 1 fully saturated rings. The van der Waals surface area contributed by atoms with Crippen molar-refractivity contribution in [2.24, 2.45) is 0 Å². The molecule has 0 spiro atoms. The van der Waals surface area contributed by atoms with Crippen LogP contribution in [-0.4, -0.2) is 28.0 Å². The number of rotatable bonds is 3. The zero-order valence-electron chi connectivity index (χ0n) is 12.2. The Morgan fingerprint density at radius 1 is 1.10 bits per heavy atom. The van der Waals surface area contributed by atoms with Crippen molar-refractivity contribution in [3.63, 3.8) is 0 Å². The minimum Gasteiger partial charge on any atom is -0.341 e. The second kappa shape index (κ2) is 5.85. The third-order valence-corrected chi connectivity index (χ3v) is 4.01. The van der Waals surface area contributed by atoms with E-state index in [-0.39, 0.29) is 5.28 Å². The lowest BCUT2D eigenvalue weighted by Crippen LogP contribution is -2.21. The molecule has 1 aliphatic rings. The second-order valence-corrected chi connectivity index (χ2v) is 5.63. The Labute approximate surface area is 129 Å². The van der Waals surface area contributed by atoms with Crippen molar-refractivity contribution in [3.8, 4) is 0 Å². The Balaban J connectivity index is 1.89. The van der Waals surface area contributed by atoms with Crippen LogP contribution in [0.25, 0.3) is 0 Å². The lowest BCUT2D eigenvalue weighted by Gasteiger charge is -2.16. The van der Waals surface area contributed by atoms with Crippen molar-refractivity contribution < 1.29 is 0 Å². The molecule has 1 aromatic carbocycles. The maximum Gasteiger partial charge on any atom is 0.233 e. The molecule has 0 radical (unpaired) electrons. The van der Waals surface area contributed by atoms with Gasteiger partial charge in [-0.1, -0.05) is 12.1 Å². The van der Waals surface area contributed by atoms with Crippen LogP contribution in [0, 0.1) is 13.8 Å². The van der Waals surface area contributed by atoms with Crippen molar-refractivity contribution in [1.29, 1.82) is 0 Å². The van der Waals surface area contributed by atoms with Gasteiger partial charge in [-0.05, 0) is 55.5 Å². The molecule has 0 unspecified atom stereocenters. The molecule has 1 aliphatic heterocycles. The normalized spacial score (nSPS) is 14.5. The lowest BCUT2D eigenvalue weighted by molar-refractivity contribution is 0.883. The molecular formula is C15H18ClN5. The number of halogens is 1. The summed E-state index contributed by atoms with van der Waals surface area (Å²) < 4.78 is 0. The van der Waals surface area contributed by atoms with Crippen LogP contribution < -0.4 is 10.2 Å². The van der Waals surface area contributed by atoms with E-state index in [1.54, 1.807) is 0 Å². The Morgan fingerprint density at radius 3 is 2.62 bits per heavy atom. The summed E-state index contributed by atoms with van der Waals surface area (Å²) in [4.78, 5) is 15.0. The third kappa shape index (κ3) is 3.08. The second-order valence-electron chi connectivity index (χ2n) is 5.29. The number of anilines is 3. The Bertz CT molecular complexity index is 653. The van der Waals surface area contributed by atoms with Gasteiger partial charge in [-0.3, -0.25) is 0 Å². The number of hydrogen-bond acceptors (Lipinski definition) is 5. The maximum absolute atomic E-state index is 6.04. The molecule has 6 heteroatoms. The van der Waals surface area contributed by atoms with Crippen molar-refractivity contribution in [1.82, 2.24) is 15.0 Å². The van der Waals surface area contributed by atoms with Gasteiger partial charge in [0.25, 0.3) is 0 Å². The molecule has 1 aromatic heterocycles. The minimum atomic E-state index is 0.222. The Morgan fingerprint density at radius 2 is 1.86 bits per heavy atom. The van der Waals surface area contributed by atoms with E-state index in [1.165, 1.54) is 24.0 Å². The average molecular weight is 304 g/mol. The summed E-state index contributed by atoms with van der Waals surface area (Å²) in [5.41, 5.74) is 3.39. The molecule has 2 heterocycles. The molecule has 0 saturated carbocycles. The summed E-state index contributed by atoms with van der Waals surface area (Å²) in [7, 11) is 0. The van der Waals surface area contributed by atoms with Gasteiger partial charge in [0, 0.05) is 18.8 Å². The molecule has 0 amide bonds. The number of benzene rings is 1. The largest absolute Gasteiger partial charge is 0.341 e. The van der Waals surface area contributed by atoms with Crippen LogP contribution in [0.15, 0.2) is 18.2 Å². The van der Waals surface area contributed by atoms with E-state index in [0.29, 0.717) is 11.9 Å². The number of nitrogens with one attached hydrogen (secondary N) is 1. The van der Waals surface area contributed by atoms with E-state index in [4.69, 9.17) is 11.6 Å². The quantitative estimate of drug-likeness (QED) is 0.940. The summed E-state index contributed by atoms with van der Waals surface area (Å²) in [6, 6.07) is 6.10. The highest BCUT2D eigenvalue weighted by Crippen LogP contribution is 2.23. The van der Waals surface area contributed by atoms with Crippen LogP contribution >= 0.6 is 11.6 Å². The first kappa shape index (κ1) is 14.1. The molecule has 3 rings (SSSR count). The zero-order valence-corrected chi connectivity index (χ0v) is 13.0. The molecule has 1 N–H and O–H groups in total. The monoisotopic (exact) mass is 303 g/mol. The van der Waals surface area contributed by atoms with Gasteiger partial charge in [-0.15, -0.1) is 0 Å². The standard InChI is InChI=1S/C15H18ClN5/c1-10-6-5-7-12(11(10)2)17-14-18-13(16)19-15(20-14)21-8-3-4-9-21/h5-7H,3-4,8-9H2,1-2H3,(H,17,18,19,20). The first-order valence-corrected chi connectivity index (χ1v) is 7.51. The molecule has 0 aliphatic carbocycles. The molecule has 0 atom stereocenters. The van der Waals surface area contributed by atoms with Gasteiger partial charge >= 0.3 is 0 Å². The fraction of sp³-hybridized carbons (Fsp3) is 0.400. The summed E-state index contributed by atoms with van der Waals surface area (Å²) in [5.74, 6) is 1.14. The number of hydrogen-bond donors (Lipinski definition) is 1. The van der Waals surface area contributed by atoms with Gasteiger partial charge in [0.2, 0.25) is 17.2 Å². The first-order valence-electron chi connectivity index (χ1n) is 7.13. The fourth-order valence-electron chi connectivity index (χ4n) is 2.46. The van der Waals surface area contributed by atoms with Gasteiger partial charge in [0.15, 0.2) is 0 Å². The van der Waals surface area contributed by atoms with E-state index in [1.807, 2.05) is 12.1 Å². The molecule has 21 heavy (non-hydrogen) atoms.